The summed E-state index contributed by atoms with van der Waals surface area (Å²) in [4.78, 5) is 10.9. The van der Waals surface area contributed by atoms with Gasteiger partial charge in [0, 0.05) is 0 Å². The molecule has 0 heterocycles. The fourth-order valence-electron chi connectivity index (χ4n) is 1.26. The molecule has 16 heavy (non-hydrogen) atoms. The minimum atomic E-state index is -0.473. The molecule has 0 aliphatic carbocycles. The molecule has 0 aromatic heterocycles. The number of ether oxygens (including phenoxy) is 1. The van der Waals surface area contributed by atoms with Crippen molar-refractivity contribution in [3.8, 4) is 5.75 Å². The second kappa shape index (κ2) is 5.12. The average molecular weight is 222 g/mol. The molecule has 1 aromatic carbocycles. The van der Waals surface area contributed by atoms with Gasteiger partial charge < -0.3 is 9.84 Å². The summed E-state index contributed by atoms with van der Waals surface area (Å²) >= 11 is 0. The van der Waals surface area contributed by atoms with Gasteiger partial charge in [0.1, 0.15) is 19.0 Å². The van der Waals surface area contributed by atoms with Crippen molar-refractivity contribution < 1.29 is 14.6 Å². The van der Waals surface area contributed by atoms with Crippen molar-refractivity contribution >= 4 is 5.78 Å². The van der Waals surface area contributed by atoms with Crippen molar-refractivity contribution in [2.75, 3.05) is 13.2 Å². The second-order valence-electron chi connectivity index (χ2n) is 4.76. The predicted octanol–water partition coefficient (Wildman–Crippen LogP) is 1.92. The van der Waals surface area contributed by atoms with E-state index in [1.165, 1.54) is 0 Å². The zero-order valence-electron chi connectivity index (χ0n) is 9.99. The van der Waals surface area contributed by atoms with Gasteiger partial charge in [-0.3, -0.25) is 4.79 Å². The van der Waals surface area contributed by atoms with Crippen LogP contribution in [0.1, 0.15) is 26.3 Å². The number of rotatable bonds is 4. The Hall–Kier alpha value is -1.35. The van der Waals surface area contributed by atoms with Crippen LogP contribution in [0.2, 0.25) is 0 Å². The maximum Gasteiger partial charge on any atom is 0.195 e. The van der Waals surface area contributed by atoms with Crippen molar-refractivity contribution in [3.63, 3.8) is 0 Å². The van der Waals surface area contributed by atoms with Gasteiger partial charge in [-0.1, -0.05) is 32.9 Å². The Morgan fingerprint density at radius 3 is 2.62 bits per heavy atom. The average Bonchev–Trinajstić information content (AvgIpc) is 2.25. The molecular weight excluding hydrogens is 204 g/mol. The summed E-state index contributed by atoms with van der Waals surface area (Å²) in [7, 11) is 0. The van der Waals surface area contributed by atoms with E-state index in [4.69, 9.17) is 9.84 Å². The van der Waals surface area contributed by atoms with Crippen LogP contribution >= 0.6 is 0 Å². The summed E-state index contributed by atoms with van der Waals surface area (Å²) in [5, 5.41) is 8.57. The number of carbonyl (C=O) groups is 1. The minimum Gasteiger partial charge on any atom is -0.486 e. The van der Waals surface area contributed by atoms with Crippen LogP contribution in [0.15, 0.2) is 24.3 Å². The van der Waals surface area contributed by atoms with E-state index >= 15 is 0 Å². The Balaban J connectivity index is 2.72. The van der Waals surface area contributed by atoms with E-state index in [0.717, 1.165) is 5.56 Å². The van der Waals surface area contributed by atoms with Crippen molar-refractivity contribution in [3.05, 3.63) is 29.8 Å². The van der Waals surface area contributed by atoms with Crippen LogP contribution in [0.4, 0.5) is 0 Å². The molecule has 3 nitrogen and oxygen atoms in total. The SMILES string of the molecule is CC(C)(C)c1cccc(OCC(=O)CO)c1. The highest BCUT2D eigenvalue weighted by Crippen LogP contribution is 2.25. The monoisotopic (exact) mass is 222 g/mol. The van der Waals surface area contributed by atoms with E-state index in [9.17, 15) is 4.79 Å². The van der Waals surface area contributed by atoms with Gasteiger partial charge in [0.25, 0.3) is 0 Å². The molecule has 1 aromatic rings. The first-order valence-corrected chi connectivity index (χ1v) is 5.29. The zero-order chi connectivity index (χ0) is 12.2. The molecule has 0 radical (unpaired) electrons. The van der Waals surface area contributed by atoms with Gasteiger partial charge in [-0.2, -0.15) is 0 Å². The van der Waals surface area contributed by atoms with Crippen LogP contribution in [0.3, 0.4) is 0 Å². The lowest BCUT2D eigenvalue weighted by Crippen LogP contribution is -2.15. The highest BCUT2D eigenvalue weighted by Gasteiger charge is 2.14. The van der Waals surface area contributed by atoms with Gasteiger partial charge in [0.15, 0.2) is 5.78 Å². The molecule has 0 amide bonds. The van der Waals surface area contributed by atoms with Crippen molar-refractivity contribution in [2.45, 2.75) is 26.2 Å². The Morgan fingerprint density at radius 2 is 2.06 bits per heavy atom. The van der Waals surface area contributed by atoms with E-state index in [2.05, 4.69) is 20.8 Å². The molecule has 0 aliphatic heterocycles. The number of hydrogen-bond donors (Lipinski definition) is 1. The number of carbonyl (C=O) groups excluding carboxylic acids is 1. The summed E-state index contributed by atoms with van der Waals surface area (Å²) in [6, 6.07) is 7.66. The molecule has 3 heteroatoms. The lowest BCUT2D eigenvalue weighted by atomic mass is 9.87. The van der Waals surface area contributed by atoms with Gasteiger partial charge >= 0.3 is 0 Å². The van der Waals surface area contributed by atoms with Crippen LogP contribution in [0.25, 0.3) is 0 Å². The van der Waals surface area contributed by atoms with E-state index in [0.29, 0.717) is 5.75 Å². The second-order valence-corrected chi connectivity index (χ2v) is 4.76. The number of Topliss-reactive ketones (excluding diaryl/α,β-unsaturated/α-hetero) is 1. The maximum atomic E-state index is 10.9. The van der Waals surface area contributed by atoms with Crippen LogP contribution in [0, 0.1) is 0 Å². The van der Waals surface area contributed by atoms with Crippen molar-refractivity contribution in [1.82, 2.24) is 0 Å². The van der Waals surface area contributed by atoms with E-state index < -0.39 is 6.61 Å². The topological polar surface area (TPSA) is 46.5 Å². The fraction of sp³-hybridized carbons (Fsp3) is 0.462. The number of aliphatic hydroxyl groups is 1. The van der Waals surface area contributed by atoms with E-state index in [1.54, 1.807) is 6.07 Å². The Bertz CT molecular complexity index is 364. The Morgan fingerprint density at radius 1 is 1.38 bits per heavy atom. The molecule has 0 saturated heterocycles. The quantitative estimate of drug-likeness (QED) is 0.846. The lowest BCUT2D eigenvalue weighted by molar-refractivity contribution is -0.123. The Labute approximate surface area is 96.1 Å². The number of hydrogen-bond acceptors (Lipinski definition) is 3. The van der Waals surface area contributed by atoms with Crippen molar-refractivity contribution in [2.24, 2.45) is 0 Å². The third-order valence-corrected chi connectivity index (χ3v) is 2.28. The molecule has 88 valence electrons. The van der Waals surface area contributed by atoms with Gasteiger partial charge in [-0.25, -0.2) is 0 Å². The highest BCUT2D eigenvalue weighted by atomic mass is 16.5. The summed E-state index contributed by atoms with van der Waals surface area (Å²) in [6.07, 6.45) is 0. The molecule has 1 N–H and O–H groups in total. The smallest absolute Gasteiger partial charge is 0.195 e. The van der Waals surface area contributed by atoms with Gasteiger partial charge in [-0.15, -0.1) is 0 Å². The number of ketones is 1. The first-order chi connectivity index (χ1) is 7.43. The minimum absolute atomic E-state index is 0.0559. The number of aliphatic hydroxyl groups excluding tert-OH is 1. The predicted molar refractivity (Wildman–Crippen MR) is 62.7 cm³/mol. The normalized spacial score (nSPS) is 11.2. The maximum absolute atomic E-state index is 10.9. The van der Waals surface area contributed by atoms with Gasteiger partial charge in [0.2, 0.25) is 0 Å². The van der Waals surface area contributed by atoms with Crippen LogP contribution < -0.4 is 4.74 Å². The fourth-order valence-corrected chi connectivity index (χ4v) is 1.26. The third-order valence-electron chi connectivity index (χ3n) is 2.28. The molecular formula is C13H18O3. The standard InChI is InChI=1S/C13H18O3/c1-13(2,3)10-5-4-6-12(7-10)16-9-11(15)8-14/h4-7,14H,8-9H2,1-3H3. The van der Waals surface area contributed by atoms with Crippen LogP contribution in [-0.2, 0) is 10.2 Å². The molecule has 0 unspecified atom stereocenters. The highest BCUT2D eigenvalue weighted by molar-refractivity contribution is 5.80. The van der Waals surface area contributed by atoms with Gasteiger partial charge in [-0.05, 0) is 23.1 Å². The van der Waals surface area contributed by atoms with Gasteiger partial charge in [0.05, 0.1) is 0 Å². The van der Waals surface area contributed by atoms with Crippen molar-refractivity contribution in [1.29, 1.82) is 0 Å². The van der Waals surface area contributed by atoms with Crippen LogP contribution in [0.5, 0.6) is 5.75 Å². The summed E-state index contributed by atoms with van der Waals surface area (Å²) in [6.45, 7) is 5.80. The molecule has 1 rings (SSSR count). The molecule has 0 spiro atoms. The largest absolute Gasteiger partial charge is 0.486 e. The zero-order valence-corrected chi connectivity index (χ0v) is 9.99. The molecule has 0 atom stereocenters. The molecule has 0 saturated carbocycles. The van der Waals surface area contributed by atoms with E-state index in [-0.39, 0.29) is 17.8 Å². The van der Waals surface area contributed by atoms with E-state index in [1.807, 2.05) is 18.2 Å². The Kier molecular flexibility index (Phi) is 4.07. The molecule has 0 bridgehead atoms. The first-order valence-electron chi connectivity index (χ1n) is 5.29. The summed E-state index contributed by atoms with van der Waals surface area (Å²) in [5.41, 5.74) is 1.21. The molecule has 0 fully saturated rings. The summed E-state index contributed by atoms with van der Waals surface area (Å²) in [5.74, 6) is 0.343. The first kappa shape index (κ1) is 12.7. The number of benzene rings is 1. The third kappa shape index (κ3) is 3.66. The molecule has 0 aliphatic rings. The lowest BCUT2D eigenvalue weighted by Gasteiger charge is -2.19. The van der Waals surface area contributed by atoms with Crippen LogP contribution in [-0.4, -0.2) is 24.1 Å². The summed E-state index contributed by atoms with van der Waals surface area (Å²) < 4.78 is 5.28.